The normalized spacial score (nSPS) is 29.6. The summed E-state index contributed by atoms with van der Waals surface area (Å²) in [6.45, 7) is 6.86. The Hall–Kier alpha value is -0.180. The smallest absolute Gasteiger partial charge is 0.157 e. The van der Waals surface area contributed by atoms with Crippen LogP contribution in [0.15, 0.2) is 4.99 Å². The van der Waals surface area contributed by atoms with Gasteiger partial charge in [-0.15, -0.1) is 0 Å². The molecular formula is C12H22N2S. The second kappa shape index (κ2) is 4.36. The highest BCUT2D eigenvalue weighted by Crippen LogP contribution is 2.31. The molecule has 1 aliphatic heterocycles. The number of aliphatic imine (C=N–C) groups is 1. The lowest BCUT2D eigenvalue weighted by Crippen LogP contribution is -2.41. The van der Waals surface area contributed by atoms with E-state index in [2.05, 4.69) is 26.1 Å². The van der Waals surface area contributed by atoms with E-state index in [0.717, 1.165) is 5.75 Å². The Labute approximate surface area is 97.3 Å². The third kappa shape index (κ3) is 2.68. The molecule has 15 heavy (non-hydrogen) atoms. The first-order chi connectivity index (χ1) is 7.09. The van der Waals surface area contributed by atoms with E-state index in [1.165, 1.54) is 30.9 Å². The van der Waals surface area contributed by atoms with Crippen molar-refractivity contribution in [2.24, 2.45) is 10.9 Å². The average molecular weight is 226 g/mol. The highest BCUT2D eigenvalue weighted by molar-refractivity contribution is 8.14. The first kappa shape index (κ1) is 11.3. The summed E-state index contributed by atoms with van der Waals surface area (Å²) in [5, 5.41) is 4.84. The Balaban J connectivity index is 1.93. The molecule has 0 aromatic carbocycles. The van der Waals surface area contributed by atoms with E-state index in [9.17, 15) is 0 Å². The van der Waals surface area contributed by atoms with Crippen LogP contribution in [0.3, 0.4) is 0 Å². The molecule has 2 nitrogen and oxygen atoms in total. The molecule has 2 aliphatic rings. The lowest BCUT2D eigenvalue weighted by atomic mass is 10.0. The first-order valence-corrected chi connectivity index (χ1v) is 7.06. The molecule has 3 heteroatoms. The second-order valence-electron chi connectivity index (χ2n) is 5.45. The fraction of sp³-hybridized carbons (Fsp3) is 0.917. The average Bonchev–Trinajstić information content (AvgIpc) is 2.75. The maximum atomic E-state index is 4.76. The molecule has 0 unspecified atom stereocenters. The number of hydrogen-bond acceptors (Lipinski definition) is 3. The Kier molecular flexibility index (Phi) is 3.29. The summed E-state index contributed by atoms with van der Waals surface area (Å²) in [6.07, 6.45) is 5.35. The van der Waals surface area contributed by atoms with Crippen LogP contribution in [-0.4, -0.2) is 22.5 Å². The quantitative estimate of drug-likeness (QED) is 0.782. The molecule has 0 saturated heterocycles. The zero-order valence-corrected chi connectivity index (χ0v) is 10.9. The van der Waals surface area contributed by atoms with Gasteiger partial charge in [0.1, 0.15) is 0 Å². The van der Waals surface area contributed by atoms with E-state index in [0.29, 0.717) is 17.5 Å². The minimum absolute atomic E-state index is 0.331. The van der Waals surface area contributed by atoms with Crippen LogP contribution in [0.5, 0.6) is 0 Å². The van der Waals surface area contributed by atoms with Crippen molar-refractivity contribution in [1.29, 1.82) is 0 Å². The summed E-state index contributed by atoms with van der Waals surface area (Å²) in [4.78, 5) is 4.76. The molecule has 0 amide bonds. The third-order valence-electron chi connectivity index (χ3n) is 3.56. The van der Waals surface area contributed by atoms with Crippen molar-refractivity contribution < 1.29 is 0 Å². The van der Waals surface area contributed by atoms with Crippen molar-refractivity contribution >= 4 is 16.9 Å². The van der Waals surface area contributed by atoms with Crippen LogP contribution in [0, 0.1) is 5.92 Å². The topological polar surface area (TPSA) is 24.4 Å². The monoisotopic (exact) mass is 226 g/mol. The molecule has 0 radical (unpaired) electrons. The summed E-state index contributed by atoms with van der Waals surface area (Å²) in [5.41, 5.74) is 0.331. The van der Waals surface area contributed by atoms with Gasteiger partial charge in [0, 0.05) is 11.3 Å². The molecular weight excluding hydrogens is 204 g/mol. The van der Waals surface area contributed by atoms with E-state index in [-0.39, 0.29) is 0 Å². The Morgan fingerprint density at radius 3 is 2.60 bits per heavy atom. The summed E-state index contributed by atoms with van der Waals surface area (Å²) >= 11 is 1.90. The van der Waals surface area contributed by atoms with Gasteiger partial charge < -0.3 is 5.32 Å². The third-order valence-corrected chi connectivity index (χ3v) is 4.55. The highest BCUT2D eigenvalue weighted by Gasteiger charge is 2.31. The number of hydrogen-bond donors (Lipinski definition) is 1. The Morgan fingerprint density at radius 1 is 1.40 bits per heavy atom. The van der Waals surface area contributed by atoms with Crippen molar-refractivity contribution in [3.63, 3.8) is 0 Å². The second-order valence-corrected chi connectivity index (χ2v) is 6.46. The molecule has 1 fully saturated rings. The van der Waals surface area contributed by atoms with Gasteiger partial charge in [-0.1, -0.05) is 38.5 Å². The zero-order chi connectivity index (χ0) is 10.9. The fourth-order valence-corrected chi connectivity index (χ4v) is 3.65. The maximum Gasteiger partial charge on any atom is 0.157 e. The van der Waals surface area contributed by atoms with Gasteiger partial charge in [0.2, 0.25) is 0 Å². The van der Waals surface area contributed by atoms with E-state index >= 15 is 0 Å². The molecule has 2 rings (SSSR count). The zero-order valence-electron chi connectivity index (χ0n) is 10.0. The van der Waals surface area contributed by atoms with Gasteiger partial charge in [0.25, 0.3) is 0 Å². The lowest BCUT2D eigenvalue weighted by molar-refractivity contribution is 0.433. The van der Waals surface area contributed by atoms with Crippen molar-refractivity contribution in [2.45, 2.75) is 58.0 Å². The Morgan fingerprint density at radius 2 is 2.07 bits per heavy atom. The molecule has 1 N–H and O–H groups in total. The van der Waals surface area contributed by atoms with E-state index in [4.69, 9.17) is 4.99 Å². The molecule has 1 heterocycles. The SMILES string of the molecule is CC(C)[C@H]1CSC(NC2(C)CCCC2)=N1. The van der Waals surface area contributed by atoms with Gasteiger partial charge >= 0.3 is 0 Å². The summed E-state index contributed by atoms with van der Waals surface area (Å²) < 4.78 is 0. The lowest BCUT2D eigenvalue weighted by Gasteiger charge is -2.25. The summed E-state index contributed by atoms with van der Waals surface area (Å²) in [7, 11) is 0. The molecule has 0 aromatic rings. The molecule has 1 aliphatic carbocycles. The van der Waals surface area contributed by atoms with Gasteiger partial charge in [-0.25, -0.2) is 0 Å². The number of nitrogens with zero attached hydrogens (tertiary/aromatic N) is 1. The van der Waals surface area contributed by atoms with Crippen molar-refractivity contribution in [2.75, 3.05) is 5.75 Å². The van der Waals surface area contributed by atoms with Crippen molar-refractivity contribution in [3.05, 3.63) is 0 Å². The van der Waals surface area contributed by atoms with Crippen LogP contribution in [0.4, 0.5) is 0 Å². The number of thioether (sulfide) groups is 1. The van der Waals surface area contributed by atoms with Crippen molar-refractivity contribution in [1.82, 2.24) is 5.32 Å². The minimum Gasteiger partial charge on any atom is -0.360 e. The molecule has 0 spiro atoms. The minimum atomic E-state index is 0.331. The van der Waals surface area contributed by atoms with Crippen LogP contribution >= 0.6 is 11.8 Å². The molecule has 1 saturated carbocycles. The van der Waals surface area contributed by atoms with Gasteiger partial charge in [0.15, 0.2) is 5.17 Å². The summed E-state index contributed by atoms with van der Waals surface area (Å²) in [6, 6.07) is 0.530. The van der Waals surface area contributed by atoms with Crippen LogP contribution in [0.1, 0.15) is 46.5 Å². The van der Waals surface area contributed by atoms with Crippen LogP contribution in [0.25, 0.3) is 0 Å². The van der Waals surface area contributed by atoms with Gasteiger partial charge in [-0.2, -0.15) is 0 Å². The van der Waals surface area contributed by atoms with Gasteiger partial charge in [-0.3, -0.25) is 4.99 Å². The highest BCUT2D eigenvalue weighted by atomic mass is 32.2. The molecule has 0 aromatic heterocycles. The molecule has 0 bridgehead atoms. The predicted molar refractivity (Wildman–Crippen MR) is 68.5 cm³/mol. The maximum absolute atomic E-state index is 4.76. The van der Waals surface area contributed by atoms with Gasteiger partial charge in [0.05, 0.1) is 6.04 Å². The first-order valence-electron chi connectivity index (χ1n) is 6.08. The van der Waals surface area contributed by atoms with E-state index < -0.39 is 0 Å². The van der Waals surface area contributed by atoms with Crippen LogP contribution in [0.2, 0.25) is 0 Å². The number of amidine groups is 1. The van der Waals surface area contributed by atoms with Gasteiger partial charge in [-0.05, 0) is 25.7 Å². The predicted octanol–water partition coefficient (Wildman–Crippen LogP) is 3.04. The number of rotatable bonds is 2. The standard InChI is InChI=1S/C12H22N2S/c1-9(2)10-8-15-11(13-10)14-12(3)6-4-5-7-12/h9-10H,4-8H2,1-3H3,(H,13,14)/t10-/m1/s1. The van der Waals surface area contributed by atoms with E-state index in [1.807, 2.05) is 11.8 Å². The summed E-state index contributed by atoms with van der Waals surface area (Å²) in [5.74, 6) is 1.84. The van der Waals surface area contributed by atoms with E-state index in [1.54, 1.807) is 0 Å². The van der Waals surface area contributed by atoms with Crippen LogP contribution < -0.4 is 5.32 Å². The molecule has 1 atom stereocenters. The van der Waals surface area contributed by atoms with Crippen molar-refractivity contribution in [3.8, 4) is 0 Å². The molecule has 86 valence electrons. The number of nitrogens with one attached hydrogen (secondary N) is 1. The largest absolute Gasteiger partial charge is 0.360 e. The Bertz CT molecular complexity index is 254. The van der Waals surface area contributed by atoms with Crippen LogP contribution in [-0.2, 0) is 0 Å². The fourth-order valence-electron chi connectivity index (χ4n) is 2.34.